The van der Waals surface area contributed by atoms with E-state index in [1.165, 1.54) is 6.08 Å². The first-order valence-electron chi connectivity index (χ1n) is 9.73. The molecule has 150 valence electrons. The fraction of sp³-hybridized carbons (Fsp3) is 0.167. The van der Waals surface area contributed by atoms with Crippen molar-refractivity contribution in [1.29, 1.82) is 0 Å². The van der Waals surface area contributed by atoms with Crippen LogP contribution in [0.1, 0.15) is 15.9 Å². The molecule has 0 aliphatic carbocycles. The van der Waals surface area contributed by atoms with Crippen LogP contribution in [-0.4, -0.2) is 45.9 Å². The lowest BCUT2D eigenvalue weighted by atomic mass is 9.95. The molecule has 0 spiro atoms. The van der Waals surface area contributed by atoms with Gasteiger partial charge in [0.2, 0.25) is 5.91 Å². The first-order valence-corrected chi connectivity index (χ1v) is 10.1. The number of likely N-dealkylation sites (tertiary alicyclic amines) is 1. The summed E-state index contributed by atoms with van der Waals surface area (Å²) in [5, 5.41) is 12.6. The van der Waals surface area contributed by atoms with Crippen LogP contribution in [0, 0.1) is 0 Å². The lowest BCUT2D eigenvalue weighted by Gasteiger charge is -2.43. The number of nitrogens with zero attached hydrogens (tertiary/aromatic N) is 2. The Balaban J connectivity index is 1.51. The zero-order chi connectivity index (χ0) is 21.0. The predicted octanol–water partition coefficient (Wildman–Crippen LogP) is 4.22. The summed E-state index contributed by atoms with van der Waals surface area (Å²) in [6.45, 7) is 4.96. The highest BCUT2D eigenvalue weighted by molar-refractivity contribution is 6.32. The van der Waals surface area contributed by atoms with Crippen LogP contribution in [0.25, 0.3) is 21.9 Å². The minimum atomic E-state index is -0.119. The summed E-state index contributed by atoms with van der Waals surface area (Å²) in [5.41, 5.74) is 3.01. The van der Waals surface area contributed by atoms with Crippen molar-refractivity contribution >= 4 is 34.2 Å². The number of halogens is 1. The number of hydrogen-bond acceptors (Lipinski definition) is 3. The number of aromatic hydroxyl groups is 1. The summed E-state index contributed by atoms with van der Waals surface area (Å²) in [4.78, 5) is 28.3. The van der Waals surface area contributed by atoms with Gasteiger partial charge in [-0.05, 0) is 52.2 Å². The van der Waals surface area contributed by atoms with Crippen molar-refractivity contribution < 1.29 is 14.7 Å². The van der Waals surface area contributed by atoms with E-state index in [1.807, 2.05) is 36.4 Å². The summed E-state index contributed by atoms with van der Waals surface area (Å²) in [5.74, 6) is -0.0323. The Hall–Kier alpha value is -3.31. The third kappa shape index (κ3) is 2.85. The number of benzene rings is 3. The zero-order valence-electron chi connectivity index (χ0n) is 16.1. The Morgan fingerprint density at radius 2 is 1.90 bits per heavy atom. The van der Waals surface area contributed by atoms with Crippen molar-refractivity contribution in [2.45, 2.75) is 12.6 Å². The Morgan fingerprint density at radius 3 is 2.67 bits per heavy atom. The molecule has 0 atom stereocenters. The van der Waals surface area contributed by atoms with Crippen LogP contribution in [0.2, 0.25) is 5.02 Å². The number of phenolic OH excluding ortho intramolecular Hbond substituents is 1. The summed E-state index contributed by atoms with van der Waals surface area (Å²) in [6, 6.07) is 14.9. The van der Waals surface area contributed by atoms with Gasteiger partial charge in [-0.25, -0.2) is 0 Å². The normalized spacial score (nSPS) is 16.0. The Labute approximate surface area is 178 Å². The van der Waals surface area contributed by atoms with Gasteiger partial charge in [-0.15, -0.1) is 0 Å². The van der Waals surface area contributed by atoms with E-state index in [9.17, 15) is 14.7 Å². The molecule has 3 aromatic rings. The maximum Gasteiger partial charge on any atom is 0.254 e. The molecule has 2 aliphatic rings. The van der Waals surface area contributed by atoms with Gasteiger partial charge in [-0.3, -0.25) is 9.59 Å². The molecular weight excluding hydrogens is 400 g/mol. The van der Waals surface area contributed by atoms with E-state index in [-0.39, 0.29) is 23.6 Å². The highest BCUT2D eigenvalue weighted by Gasteiger charge is 2.41. The van der Waals surface area contributed by atoms with Crippen molar-refractivity contribution in [2.24, 2.45) is 0 Å². The van der Waals surface area contributed by atoms with Crippen LogP contribution >= 0.6 is 11.6 Å². The number of fused-ring (bicyclic) bond motifs is 2. The Kier molecular flexibility index (Phi) is 4.29. The molecule has 2 heterocycles. The summed E-state index contributed by atoms with van der Waals surface area (Å²) in [7, 11) is 0. The molecule has 30 heavy (non-hydrogen) atoms. The highest BCUT2D eigenvalue weighted by Crippen LogP contribution is 2.39. The third-order valence-electron chi connectivity index (χ3n) is 5.96. The molecular formula is C24H19ClN2O3. The molecule has 0 bridgehead atoms. The van der Waals surface area contributed by atoms with Gasteiger partial charge < -0.3 is 14.9 Å². The molecule has 6 heteroatoms. The van der Waals surface area contributed by atoms with E-state index in [0.717, 1.165) is 27.5 Å². The van der Waals surface area contributed by atoms with Crippen LogP contribution in [-0.2, 0) is 11.3 Å². The van der Waals surface area contributed by atoms with Gasteiger partial charge in [-0.2, -0.15) is 0 Å². The van der Waals surface area contributed by atoms with Crippen LogP contribution in [0.4, 0.5) is 0 Å². The standard InChI is InChI=1S/C24H19ClN2O3/c1-2-23(29)26-11-16(12-26)27-13-21-20(24(27)30)8-15(9-22(21)25)19-10-17(28)7-14-5-3-4-6-18(14)19/h2-10,16,28H,1,11-13H2. The van der Waals surface area contributed by atoms with Crippen molar-refractivity contribution in [3.8, 4) is 16.9 Å². The minimum Gasteiger partial charge on any atom is -0.508 e. The maximum atomic E-state index is 13.1. The quantitative estimate of drug-likeness (QED) is 0.648. The highest BCUT2D eigenvalue weighted by atomic mass is 35.5. The van der Waals surface area contributed by atoms with Crippen LogP contribution < -0.4 is 0 Å². The van der Waals surface area contributed by atoms with Crippen LogP contribution in [0.5, 0.6) is 5.75 Å². The van der Waals surface area contributed by atoms with Gasteiger partial charge in [0, 0.05) is 35.8 Å². The lowest BCUT2D eigenvalue weighted by Crippen LogP contribution is -2.60. The first-order chi connectivity index (χ1) is 14.5. The first kappa shape index (κ1) is 18.7. The third-order valence-corrected chi connectivity index (χ3v) is 6.30. The summed E-state index contributed by atoms with van der Waals surface area (Å²) in [6.07, 6.45) is 1.29. The van der Waals surface area contributed by atoms with Crippen molar-refractivity contribution in [2.75, 3.05) is 13.1 Å². The SMILES string of the molecule is C=CC(=O)N1CC(N2Cc3c(Cl)cc(-c4cc(O)cc5ccccc45)cc3C2=O)C1. The Morgan fingerprint density at radius 1 is 1.13 bits per heavy atom. The van der Waals surface area contributed by atoms with Gasteiger partial charge in [-0.1, -0.05) is 42.4 Å². The maximum absolute atomic E-state index is 13.1. The molecule has 0 aromatic heterocycles. The fourth-order valence-corrected chi connectivity index (χ4v) is 4.61. The van der Waals surface area contributed by atoms with Gasteiger partial charge in [0.1, 0.15) is 5.75 Å². The number of hydrogen-bond donors (Lipinski definition) is 1. The molecule has 2 amide bonds. The van der Waals surface area contributed by atoms with Crippen LogP contribution in [0.3, 0.4) is 0 Å². The molecule has 5 nitrogen and oxygen atoms in total. The molecule has 1 fully saturated rings. The molecule has 1 N–H and O–H groups in total. The van der Waals surface area contributed by atoms with E-state index in [2.05, 4.69) is 6.58 Å². The molecule has 0 radical (unpaired) electrons. The molecule has 3 aromatic carbocycles. The zero-order valence-corrected chi connectivity index (χ0v) is 16.9. The van der Waals surface area contributed by atoms with Crippen molar-refractivity contribution in [3.63, 3.8) is 0 Å². The van der Waals surface area contributed by atoms with Gasteiger partial charge in [0.25, 0.3) is 5.91 Å². The number of carbonyl (C=O) groups excluding carboxylic acids is 2. The van der Waals surface area contributed by atoms with Crippen LogP contribution in [0.15, 0.2) is 61.2 Å². The monoisotopic (exact) mass is 418 g/mol. The Bertz CT molecular complexity index is 1230. The second-order valence-electron chi connectivity index (χ2n) is 7.73. The fourth-order valence-electron chi connectivity index (χ4n) is 4.33. The molecule has 5 rings (SSSR count). The number of phenols is 1. The van der Waals surface area contributed by atoms with E-state index in [1.54, 1.807) is 21.9 Å². The topological polar surface area (TPSA) is 60.9 Å². The number of carbonyl (C=O) groups is 2. The van der Waals surface area contributed by atoms with Crippen molar-refractivity contribution in [1.82, 2.24) is 9.80 Å². The molecule has 2 aliphatic heterocycles. The van der Waals surface area contributed by atoms with E-state index < -0.39 is 0 Å². The smallest absolute Gasteiger partial charge is 0.254 e. The van der Waals surface area contributed by atoms with E-state index >= 15 is 0 Å². The average molecular weight is 419 g/mol. The largest absolute Gasteiger partial charge is 0.508 e. The van der Waals surface area contributed by atoms with Gasteiger partial charge in [0.05, 0.1) is 6.04 Å². The predicted molar refractivity (Wildman–Crippen MR) is 116 cm³/mol. The number of amides is 2. The number of rotatable bonds is 3. The second kappa shape index (κ2) is 6.89. The minimum absolute atomic E-state index is 0.0186. The van der Waals surface area contributed by atoms with E-state index in [4.69, 9.17) is 11.6 Å². The second-order valence-corrected chi connectivity index (χ2v) is 8.14. The van der Waals surface area contributed by atoms with Gasteiger partial charge in [0.15, 0.2) is 0 Å². The van der Waals surface area contributed by atoms with Crippen molar-refractivity contribution in [3.05, 3.63) is 77.3 Å². The van der Waals surface area contributed by atoms with E-state index in [0.29, 0.717) is 30.2 Å². The average Bonchev–Trinajstić information content (AvgIpc) is 3.03. The lowest BCUT2D eigenvalue weighted by molar-refractivity contribution is -0.132. The molecule has 0 saturated carbocycles. The summed E-state index contributed by atoms with van der Waals surface area (Å²) < 4.78 is 0. The van der Waals surface area contributed by atoms with Gasteiger partial charge >= 0.3 is 0 Å². The molecule has 0 unspecified atom stereocenters. The molecule has 1 saturated heterocycles. The summed E-state index contributed by atoms with van der Waals surface area (Å²) >= 11 is 6.59.